The van der Waals surface area contributed by atoms with Crippen LogP contribution in [0.3, 0.4) is 0 Å². The van der Waals surface area contributed by atoms with E-state index in [1.165, 1.54) is 13.0 Å². The van der Waals surface area contributed by atoms with Crippen LogP contribution in [0.15, 0.2) is 23.9 Å². The van der Waals surface area contributed by atoms with E-state index in [2.05, 4.69) is 5.32 Å². The van der Waals surface area contributed by atoms with Gasteiger partial charge in [0.25, 0.3) is 0 Å². The molecule has 100 valence electrons. The number of rotatable bonds is 3. The smallest absolute Gasteiger partial charge is 0.352 e. The summed E-state index contributed by atoms with van der Waals surface area (Å²) in [4.78, 5) is 22.1. The third-order valence-corrected chi connectivity index (χ3v) is 2.80. The van der Waals surface area contributed by atoms with Gasteiger partial charge in [0, 0.05) is 12.5 Å². The van der Waals surface area contributed by atoms with Gasteiger partial charge in [-0.1, -0.05) is 18.2 Å². The Morgan fingerprint density at radius 1 is 1.42 bits per heavy atom. The van der Waals surface area contributed by atoms with E-state index in [4.69, 9.17) is 9.84 Å². The molecule has 0 saturated heterocycles. The number of fused-ring (bicyclic) bond motifs is 1. The lowest BCUT2D eigenvalue weighted by molar-refractivity contribution is -0.134. The SMILES string of the molecule is CC(=O)N/C(=C/c1cccc2c1OCCC2)C(=O)O. The van der Waals surface area contributed by atoms with Crippen molar-refractivity contribution >= 4 is 18.0 Å². The average molecular weight is 261 g/mol. The number of aliphatic carboxylic acids is 1. The summed E-state index contributed by atoms with van der Waals surface area (Å²) in [7, 11) is 0. The molecule has 5 nitrogen and oxygen atoms in total. The molecule has 0 spiro atoms. The van der Waals surface area contributed by atoms with Crippen molar-refractivity contribution < 1.29 is 19.4 Å². The first-order chi connectivity index (χ1) is 9.08. The highest BCUT2D eigenvalue weighted by Crippen LogP contribution is 2.30. The van der Waals surface area contributed by atoms with Crippen LogP contribution in [0.4, 0.5) is 0 Å². The number of benzene rings is 1. The van der Waals surface area contributed by atoms with Gasteiger partial charge < -0.3 is 15.2 Å². The van der Waals surface area contributed by atoms with Gasteiger partial charge in [0.05, 0.1) is 6.61 Å². The van der Waals surface area contributed by atoms with Crippen molar-refractivity contribution in [3.05, 3.63) is 35.0 Å². The Morgan fingerprint density at radius 2 is 2.21 bits per heavy atom. The molecule has 0 aliphatic carbocycles. The van der Waals surface area contributed by atoms with Crippen LogP contribution < -0.4 is 10.1 Å². The minimum Gasteiger partial charge on any atom is -0.493 e. The second-order valence-corrected chi connectivity index (χ2v) is 4.33. The van der Waals surface area contributed by atoms with Crippen molar-refractivity contribution in [1.29, 1.82) is 0 Å². The standard InChI is InChI=1S/C14H15NO4/c1-9(16)15-12(14(17)18)8-11-5-2-4-10-6-3-7-19-13(10)11/h2,4-5,8H,3,6-7H2,1H3,(H,15,16)(H,17,18)/b12-8+. The van der Waals surface area contributed by atoms with Gasteiger partial charge in [0.2, 0.25) is 5.91 Å². The summed E-state index contributed by atoms with van der Waals surface area (Å²) in [6.07, 6.45) is 3.30. The molecule has 0 unspecified atom stereocenters. The quantitative estimate of drug-likeness (QED) is 0.810. The number of aryl methyl sites for hydroxylation is 1. The lowest BCUT2D eigenvalue weighted by Gasteiger charge is -2.19. The van der Waals surface area contributed by atoms with E-state index in [1.54, 1.807) is 6.07 Å². The highest BCUT2D eigenvalue weighted by Gasteiger charge is 2.15. The van der Waals surface area contributed by atoms with Crippen LogP contribution in [0.5, 0.6) is 5.75 Å². The highest BCUT2D eigenvalue weighted by molar-refractivity contribution is 5.96. The summed E-state index contributed by atoms with van der Waals surface area (Å²) in [5, 5.41) is 11.4. The maximum absolute atomic E-state index is 11.1. The fraction of sp³-hybridized carbons (Fsp3) is 0.286. The normalized spacial score (nSPS) is 14.3. The topological polar surface area (TPSA) is 75.6 Å². The molecular formula is C14H15NO4. The monoisotopic (exact) mass is 261 g/mol. The summed E-state index contributed by atoms with van der Waals surface area (Å²) >= 11 is 0. The molecule has 2 N–H and O–H groups in total. The Balaban J connectivity index is 2.40. The minimum absolute atomic E-state index is 0.157. The number of hydrogen-bond donors (Lipinski definition) is 2. The molecule has 2 rings (SSSR count). The average Bonchev–Trinajstić information content (AvgIpc) is 2.37. The van der Waals surface area contributed by atoms with Crippen LogP contribution in [0.25, 0.3) is 6.08 Å². The Bertz CT molecular complexity index is 548. The van der Waals surface area contributed by atoms with Crippen molar-refractivity contribution in [2.24, 2.45) is 0 Å². The number of ether oxygens (including phenoxy) is 1. The maximum Gasteiger partial charge on any atom is 0.352 e. The summed E-state index contributed by atoms with van der Waals surface area (Å²) in [6, 6.07) is 5.59. The number of carbonyl (C=O) groups excluding carboxylic acids is 1. The number of carboxylic acids is 1. The van der Waals surface area contributed by atoms with Crippen LogP contribution in [-0.4, -0.2) is 23.6 Å². The molecule has 1 aliphatic heterocycles. The number of hydrogen-bond acceptors (Lipinski definition) is 3. The zero-order valence-electron chi connectivity index (χ0n) is 10.6. The third-order valence-electron chi connectivity index (χ3n) is 2.80. The van der Waals surface area contributed by atoms with Gasteiger partial charge in [0.15, 0.2) is 0 Å². The first-order valence-electron chi connectivity index (χ1n) is 6.05. The highest BCUT2D eigenvalue weighted by atomic mass is 16.5. The van der Waals surface area contributed by atoms with E-state index in [0.29, 0.717) is 17.9 Å². The fourth-order valence-electron chi connectivity index (χ4n) is 2.02. The molecular weight excluding hydrogens is 246 g/mol. The fourth-order valence-corrected chi connectivity index (χ4v) is 2.02. The molecule has 1 heterocycles. The molecule has 0 fully saturated rings. The Morgan fingerprint density at radius 3 is 2.89 bits per heavy atom. The van der Waals surface area contributed by atoms with Gasteiger partial charge in [-0.05, 0) is 24.5 Å². The Labute approximate surface area is 110 Å². The maximum atomic E-state index is 11.1. The zero-order valence-corrected chi connectivity index (χ0v) is 10.6. The lowest BCUT2D eigenvalue weighted by atomic mass is 10.0. The van der Waals surface area contributed by atoms with Crippen molar-refractivity contribution in [3.8, 4) is 5.75 Å². The molecule has 19 heavy (non-hydrogen) atoms. The van der Waals surface area contributed by atoms with Crippen LogP contribution in [-0.2, 0) is 16.0 Å². The van der Waals surface area contributed by atoms with E-state index >= 15 is 0 Å². The zero-order chi connectivity index (χ0) is 13.8. The van der Waals surface area contributed by atoms with E-state index in [1.807, 2.05) is 12.1 Å². The number of carboxylic acid groups (broad SMARTS) is 1. The first kappa shape index (κ1) is 13.1. The first-order valence-corrected chi connectivity index (χ1v) is 6.05. The van der Waals surface area contributed by atoms with Crippen LogP contribution in [0.2, 0.25) is 0 Å². The molecule has 1 amide bonds. The molecule has 1 aromatic rings. The molecule has 0 aromatic heterocycles. The van der Waals surface area contributed by atoms with Gasteiger partial charge in [-0.3, -0.25) is 4.79 Å². The van der Waals surface area contributed by atoms with E-state index in [-0.39, 0.29) is 5.70 Å². The molecule has 0 radical (unpaired) electrons. The number of amides is 1. The number of para-hydroxylation sites is 1. The molecule has 1 aromatic carbocycles. The van der Waals surface area contributed by atoms with Crippen molar-refractivity contribution in [2.45, 2.75) is 19.8 Å². The third kappa shape index (κ3) is 3.13. The van der Waals surface area contributed by atoms with Crippen molar-refractivity contribution in [2.75, 3.05) is 6.61 Å². The van der Waals surface area contributed by atoms with E-state index in [0.717, 1.165) is 18.4 Å². The number of nitrogens with one attached hydrogen (secondary N) is 1. The van der Waals surface area contributed by atoms with Gasteiger partial charge in [-0.2, -0.15) is 0 Å². The Hall–Kier alpha value is -2.30. The predicted octanol–water partition coefficient (Wildman–Crippen LogP) is 1.57. The lowest BCUT2D eigenvalue weighted by Crippen LogP contribution is -2.24. The summed E-state index contributed by atoms with van der Waals surface area (Å²) in [5.74, 6) is -0.888. The molecule has 0 saturated carbocycles. The van der Waals surface area contributed by atoms with E-state index < -0.39 is 11.9 Å². The molecule has 0 bridgehead atoms. The second-order valence-electron chi connectivity index (χ2n) is 4.33. The van der Waals surface area contributed by atoms with Gasteiger partial charge in [0.1, 0.15) is 11.4 Å². The summed E-state index contributed by atoms with van der Waals surface area (Å²) < 4.78 is 5.59. The van der Waals surface area contributed by atoms with Gasteiger partial charge >= 0.3 is 5.97 Å². The van der Waals surface area contributed by atoms with Crippen molar-refractivity contribution in [3.63, 3.8) is 0 Å². The summed E-state index contributed by atoms with van der Waals surface area (Å²) in [5.41, 5.74) is 1.57. The second kappa shape index (κ2) is 5.56. The largest absolute Gasteiger partial charge is 0.493 e. The van der Waals surface area contributed by atoms with Crippen LogP contribution in [0.1, 0.15) is 24.5 Å². The number of carbonyl (C=O) groups is 2. The Kier molecular flexibility index (Phi) is 3.85. The molecule has 0 atom stereocenters. The van der Waals surface area contributed by atoms with Crippen molar-refractivity contribution in [1.82, 2.24) is 5.32 Å². The van der Waals surface area contributed by atoms with Gasteiger partial charge in [-0.15, -0.1) is 0 Å². The van der Waals surface area contributed by atoms with Gasteiger partial charge in [-0.25, -0.2) is 4.79 Å². The predicted molar refractivity (Wildman–Crippen MR) is 69.7 cm³/mol. The van der Waals surface area contributed by atoms with Crippen LogP contribution >= 0.6 is 0 Å². The van der Waals surface area contributed by atoms with Crippen LogP contribution in [0, 0.1) is 0 Å². The summed E-state index contributed by atoms with van der Waals surface area (Å²) in [6.45, 7) is 1.90. The molecule has 5 heteroatoms. The minimum atomic E-state index is -1.18. The molecule has 1 aliphatic rings. The van der Waals surface area contributed by atoms with E-state index in [9.17, 15) is 9.59 Å².